The van der Waals surface area contributed by atoms with Gasteiger partial charge in [0.15, 0.2) is 0 Å². The first-order chi connectivity index (χ1) is 13.8. The Bertz CT molecular complexity index is 732. The summed E-state index contributed by atoms with van der Waals surface area (Å²) in [7, 11) is 0. The molecule has 2 saturated heterocycles. The van der Waals surface area contributed by atoms with E-state index in [1.807, 2.05) is 24.3 Å². The largest absolute Gasteiger partial charge is 0.491 e. The molecule has 2 atom stereocenters. The standard InChI is InChI=1S/C22H28N2O4/c25-22(17-7-9-18(10-8-17)28-16-19-5-3-13-26-19)23-15-20(21-6-4-14-27-21)24-11-1-2-12-24/h4,6-10,14,19-20H,1-3,5,11-13,15-16H2,(H,23,25). The van der Waals surface area contributed by atoms with Gasteiger partial charge in [-0.2, -0.15) is 0 Å². The van der Waals surface area contributed by atoms with Crippen molar-refractivity contribution in [3.8, 4) is 5.75 Å². The summed E-state index contributed by atoms with van der Waals surface area (Å²) in [6.45, 7) is 4.00. The van der Waals surface area contributed by atoms with Crippen molar-refractivity contribution in [2.45, 2.75) is 37.8 Å². The monoisotopic (exact) mass is 384 g/mol. The van der Waals surface area contributed by atoms with Crippen molar-refractivity contribution in [2.24, 2.45) is 0 Å². The summed E-state index contributed by atoms with van der Waals surface area (Å²) in [5, 5.41) is 3.06. The third-order valence-electron chi connectivity index (χ3n) is 5.49. The van der Waals surface area contributed by atoms with E-state index in [4.69, 9.17) is 13.9 Å². The fraction of sp³-hybridized carbons (Fsp3) is 0.500. The van der Waals surface area contributed by atoms with Crippen LogP contribution in [0.2, 0.25) is 0 Å². The molecule has 4 rings (SSSR count). The number of rotatable bonds is 8. The zero-order valence-corrected chi connectivity index (χ0v) is 16.1. The number of hydrogen-bond acceptors (Lipinski definition) is 5. The van der Waals surface area contributed by atoms with Crippen molar-refractivity contribution in [3.63, 3.8) is 0 Å². The highest BCUT2D eigenvalue weighted by Crippen LogP contribution is 2.25. The summed E-state index contributed by atoms with van der Waals surface area (Å²) in [6.07, 6.45) is 6.41. The lowest BCUT2D eigenvalue weighted by Crippen LogP contribution is -2.36. The van der Waals surface area contributed by atoms with Crippen LogP contribution < -0.4 is 10.1 Å². The number of nitrogens with zero attached hydrogens (tertiary/aromatic N) is 1. The lowest BCUT2D eigenvalue weighted by molar-refractivity contribution is 0.0679. The molecule has 1 N–H and O–H groups in total. The van der Waals surface area contributed by atoms with Gasteiger partial charge in [-0.3, -0.25) is 9.69 Å². The molecule has 2 aliphatic heterocycles. The highest BCUT2D eigenvalue weighted by Gasteiger charge is 2.26. The van der Waals surface area contributed by atoms with Crippen molar-refractivity contribution in [2.75, 3.05) is 32.8 Å². The third kappa shape index (κ3) is 4.75. The number of carbonyl (C=O) groups excluding carboxylic acids is 1. The maximum absolute atomic E-state index is 12.6. The summed E-state index contributed by atoms with van der Waals surface area (Å²) in [5.41, 5.74) is 0.629. The van der Waals surface area contributed by atoms with Crippen LogP contribution >= 0.6 is 0 Å². The first-order valence-electron chi connectivity index (χ1n) is 10.2. The fourth-order valence-corrected chi connectivity index (χ4v) is 3.90. The van der Waals surface area contributed by atoms with Gasteiger partial charge < -0.3 is 19.2 Å². The summed E-state index contributed by atoms with van der Waals surface area (Å²) >= 11 is 0. The summed E-state index contributed by atoms with van der Waals surface area (Å²) < 4.78 is 16.9. The second kappa shape index (κ2) is 9.26. The molecule has 2 fully saturated rings. The Morgan fingerprint density at radius 3 is 2.68 bits per heavy atom. The van der Waals surface area contributed by atoms with E-state index in [0.29, 0.717) is 18.7 Å². The molecule has 0 saturated carbocycles. The first kappa shape index (κ1) is 19.0. The van der Waals surface area contributed by atoms with Gasteiger partial charge >= 0.3 is 0 Å². The van der Waals surface area contributed by atoms with Gasteiger partial charge in [0.2, 0.25) is 0 Å². The normalized spacial score (nSPS) is 20.9. The van der Waals surface area contributed by atoms with Crippen LogP contribution in [0.25, 0.3) is 0 Å². The fourth-order valence-electron chi connectivity index (χ4n) is 3.90. The number of likely N-dealkylation sites (tertiary alicyclic amines) is 1. The Kier molecular flexibility index (Phi) is 6.29. The molecule has 1 amide bonds. The van der Waals surface area contributed by atoms with E-state index in [1.54, 1.807) is 18.4 Å². The minimum Gasteiger partial charge on any atom is -0.491 e. The number of amides is 1. The minimum absolute atomic E-state index is 0.0791. The van der Waals surface area contributed by atoms with Gasteiger partial charge in [0, 0.05) is 18.7 Å². The lowest BCUT2D eigenvalue weighted by atomic mass is 10.1. The Labute approximate surface area is 165 Å². The predicted octanol–water partition coefficient (Wildman–Crippen LogP) is 3.40. The van der Waals surface area contributed by atoms with Crippen molar-refractivity contribution in [1.82, 2.24) is 10.2 Å². The van der Waals surface area contributed by atoms with Crippen LogP contribution in [0.4, 0.5) is 0 Å². The zero-order chi connectivity index (χ0) is 19.2. The average molecular weight is 384 g/mol. The van der Waals surface area contributed by atoms with Crippen molar-refractivity contribution >= 4 is 5.91 Å². The maximum Gasteiger partial charge on any atom is 0.251 e. The van der Waals surface area contributed by atoms with E-state index in [2.05, 4.69) is 10.2 Å². The highest BCUT2D eigenvalue weighted by atomic mass is 16.5. The predicted molar refractivity (Wildman–Crippen MR) is 106 cm³/mol. The number of benzene rings is 1. The van der Waals surface area contributed by atoms with E-state index in [1.165, 1.54) is 12.8 Å². The molecule has 1 aromatic heterocycles. The van der Waals surface area contributed by atoms with Gasteiger partial charge in [-0.15, -0.1) is 0 Å². The molecule has 0 spiro atoms. The van der Waals surface area contributed by atoms with Gasteiger partial charge in [0.05, 0.1) is 18.4 Å². The van der Waals surface area contributed by atoms with Gasteiger partial charge in [-0.05, 0) is 75.2 Å². The van der Waals surface area contributed by atoms with Gasteiger partial charge in [0.1, 0.15) is 18.1 Å². The van der Waals surface area contributed by atoms with E-state index in [0.717, 1.165) is 44.0 Å². The van der Waals surface area contributed by atoms with Crippen molar-refractivity contribution in [1.29, 1.82) is 0 Å². The Balaban J connectivity index is 1.30. The van der Waals surface area contributed by atoms with Crippen LogP contribution in [-0.4, -0.2) is 49.8 Å². The molecule has 28 heavy (non-hydrogen) atoms. The van der Waals surface area contributed by atoms with Gasteiger partial charge in [-0.25, -0.2) is 0 Å². The number of nitrogens with one attached hydrogen (secondary N) is 1. The molecule has 2 unspecified atom stereocenters. The Morgan fingerprint density at radius 2 is 2.00 bits per heavy atom. The Morgan fingerprint density at radius 1 is 1.18 bits per heavy atom. The van der Waals surface area contributed by atoms with E-state index in [-0.39, 0.29) is 18.1 Å². The smallest absolute Gasteiger partial charge is 0.251 e. The van der Waals surface area contributed by atoms with E-state index in [9.17, 15) is 4.79 Å². The molecule has 3 heterocycles. The SMILES string of the molecule is O=C(NCC(c1ccco1)N1CCCC1)c1ccc(OCC2CCCO2)cc1. The second-order valence-electron chi connectivity index (χ2n) is 7.45. The van der Waals surface area contributed by atoms with E-state index < -0.39 is 0 Å². The zero-order valence-electron chi connectivity index (χ0n) is 16.1. The Hall–Kier alpha value is -2.31. The molecule has 0 bridgehead atoms. The molecule has 2 aromatic rings. The lowest BCUT2D eigenvalue weighted by Gasteiger charge is -2.26. The highest BCUT2D eigenvalue weighted by molar-refractivity contribution is 5.94. The summed E-state index contributed by atoms with van der Waals surface area (Å²) in [5.74, 6) is 1.58. The van der Waals surface area contributed by atoms with Crippen LogP contribution in [0.5, 0.6) is 5.75 Å². The topological polar surface area (TPSA) is 63.9 Å². The molecule has 0 aliphatic carbocycles. The molecule has 2 aliphatic rings. The van der Waals surface area contributed by atoms with E-state index >= 15 is 0 Å². The summed E-state index contributed by atoms with van der Waals surface area (Å²) in [6, 6.07) is 11.2. The molecular weight excluding hydrogens is 356 g/mol. The maximum atomic E-state index is 12.6. The van der Waals surface area contributed by atoms with Crippen molar-refractivity contribution < 1.29 is 18.7 Å². The number of hydrogen-bond donors (Lipinski definition) is 1. The molecule has 6 nitrogen and oxygen atoms in total. The van der Waals surface area contributed by atoms with Crippen LogP contribution in [0.1, 0.15) is 47.8 Å². The summed E-state index contributed by atoms with van der Waals surface area (Å²) in [4.78, 5) is 15.0. The average Bonchev–Trinajstić information content (AvgIpc) is 3.51. The molecular formula is C22H28N2O4. The second-order valence-corrected chi connectivity index (χ2v) is 7.45. The number of furan rings is 1. The van der Waals surface area contributed by atoms with Crippen LogP contribution in [0, 0.1) is 0 Å². The van der Waals surface area contributed by atoms with Crippen LogP contribution in [0.15, 0.2) is 47.1 Å². The van der Waals surface area contributed by atoms with Gasteiger partial charge in [0.25, 0.3) is 5.91 Å². The van der Waals surface area contributed by atoms with Gasteiger partial charge in [-0.1, -0.05) is 0 Å². The number of ether oxygens (including phenoxy) is 2. The third-order valence-corrected chi connectivity index (χ3v) is 5.49. The molecule has 0 radical (unpaired) electrons. The minimum atomic E-state index is -0.0820. The molecule has 1 aromatic carbocycles. The first-order valence-corrected chi connectivity index (χ1v) is 10.2. The molecule has 150 valence electrons. The van der Waals surface area contributed by atoms with Crippen LogP contribution in [-0.2, 0) is 4.74 Å². The number of carbonyl (C=O) groups is 1. The van der Waals surface area contributed by atoms with Crippen LogP contribution in [0.3, 0.4) is 0 Å². The molecule has 6 heteroatoms. The quantitative estimate of drug-likeness (QED) is 0.756. The van der Waals surface area contributed by atoms with Crippen molar-refractivity contribution in [3.05, 3.63) is 54.0 Å².